The summed E-state index contributed by atoms with van der Waals surface area (Å²) in [5.41, 5.74) is 2.02. The largest absolute Gasteiger partial charge is 0.344 e. The van der Waals surface area contributed by atoms with E-state index >= 15 is 0 Å². The molecule has 4 aromatic rings. The van der Waals surface area contributed by atoms with Crippen molar-refractivity contribution in [1.82, 2.24) is 14.9 Å². The van der Waals surface area contributed by atoms with Gasteiger partial charge in [0.25, 0.3) is 5.91 Å². The minimum atomic E-state index is -0.166. The number of fused-ring (bicyclic) bond motifs is 2. The molecule has 0 saturated carbocycles. The summed E-state index contributed by atoms with van der Waals surface area (Å²) in [4.78, 5) is 17.8. The highest BCUT2D eigenvalue weighted by Gasteiger charge is 2.17. The zero-order chi connectivity index (χ0) is 17.4. The molecule has 4 nitrogen and oxygen atoms in total. The first-order valence-electron chi connectivity index (χ1n) is 8.08. The number of aromatic nitrogens is 2. The SMILES string of the molecule is CCn1c(CNC(=O)c2sc3ccccc3c2Cl)nc2ccccc21. The maximum atomic E-state index is 12.6. The molecule has 1 N–H and O–H groups in total. The Balaban J connectivity index is 1.60. The molecule has 0 bridgehead atoms. The number of benzene rings is 2. The normalized spacial score (nSPS) is 11.3. The van der Waals surface area contributed by atoms with Gasteiger partial charge >= 0.3 is 0 Å². The van der Waals surface area contributed by atoms with Gasteiger partial charge in [-0.2, -0.15) is 0 Å². The van der Waals surface area contributed by atoms with E-state index in [9.17, 15) is 4.79 Å². The van der Waals surface area contributed by atoms with Crippen LogP contribution in [-0.2, 0) is 13.1 Å². The molecule has 0 saturated heterocycles. The van der Waals surface area contributed by atoms with Crippen LogP contribution in [0.15, 0.2) is 48.5 Å². The number of halogens is 1. The van der Waals surface area contributed by atoms with Gasteiger partial charge in [0.05, 0.1) is 22.6 Å². The van der Waals surface area contributed by atoms with Crippen molar-refractivity contribution in [3.63, 3.8) is 0 Å². The van der Waals surface area contributed by atoms with Gasteiger partial charge in [-0.05, 0) is 25.1 Å². The zero-order valence-electron chi connectivity index (χ0n) is 13.6. The number of thiophene rings is 1. The van der Waals surface area contributed by atoms with E-state index in [0.717, 1.165) is 33.5 Å². The number of carbonyl (C=O) groups excluding carboxylic acids is 1. The van der Waals surface area contributed by atoms with E-state index in [1.54, 1.807) is 0 Å². The zero-order valence-corrected chi connectivity index (χ0v) is 15.2. The van der Waals surface area contributed by atoms with Crippen molar-refractivity contribution in [2.45, 2.75) is 20.0 Å². The Labute approximate surface area is 154 Å². The number of aryl methyl sites for hydroxylation is 1. The summed E-state index contributed by atoms with van der Waals surface area (Å²) in [6, 6.07) is 15.8. The van der Waals surface area contributed by atoms with Crippen LogP contribution >= 0.6 is 22.9 Å². The van der Waals surface area contributed by atoms with Crippen LogP contribution in [0.25, 0.3) is 21.1 Å². The summed E-state index contributed by atoms with van der Waals surface area (Å²) >= 11 is 7.80. The molecule has 0 aliphatic rings. The quantitative estimate of drug-likeness (QED) is 0.558. The van der Waals surface area contributed by atoms with Gasteiger partial charge in [-0.25, -0.2) is 4.98 Å². The van der Waals surface area contributed by atoms with Gasteiger partial charge in [0.1, 0.15) is 10.7 Å². The highest BCUT2D eigenvalue weighted by Crippen LogP contribution is 2.35. The molecule has 0 fully saturated rings. The van der Waals surface area contributed by atoms with Crippen LogP contribution in [0.2, 0.25) is 5.02 Å². The Morgan fingerprint density at radius 2 is 1.96 bits per heavy atom. The molecule has 0 atom stereocenters. The summed E-state index contributed by atoms with van der Waals surface area (Å²) in [6.07, 6.45) is 0. The second-order valence-electron chi connectivity index (χ2n) is 5.69. The number of nitrogens with zero attached hydrogens (tertiary/aromatic N) is 2. The molecule has 0 aliphatic heterocycles. The fourth-order valence-electron chi connectivity index (χ4n) is 3.01. The summed E-state index contributed by atoms with van der Waals surface area (Å²) in [5, 5.41) is 4.39. The molecular formula is C19H16ClN3OS. The fraction of sp³-hybridized carbons (Fsp3) is 0.158. The molecule has 2 aromatic carbocycles. The molecule has 0 radical (unpaired) electrons. The van der Waals surface area contributed by atoms with E-state index in [0.29, 0.717) is 16.4 Å². The van der Waals surface area contributed by atoms with Crippen molar-refractivity contribution in [2.75, 3.05) is 0 Å². The number of carbonyl (C=O) groups is 1. The first-order chi connectivity index (χ1) is 12.2. The Hall–Kier alpha value is -2.37. The number of imidazole rings is 1. The minimum absolute atomic E-state index is 0.166. The molecule has 6 heteroatoms. The number of amides is 1. The molecule has 0 spiro atoms. The van der Waals surface area contributed by atoms with Crippen molar-refractivity contribution in [3.8, 4) is 0 Å². The van der Waals surface area contributed by atoms with Crippen LogP contribution in [0.4, 0.5) is 0 Å². The van der Waals surface area contributed by atoms with Gasteiger partial charge in [0.15, 0.2) is 0 Å². The van der Waals surface area contributed by atoms with Crippen molar-refractivity contribution in [3.05, 3.63) is 64.3 Å². The van der Waals surface area contributed by atoms with E-state index < -0.39 is 0 Å². The third kappa shape index (κ3) is 2.79. The Bertz CT molecular complexity index is 1080. The van der Waals surface area contributed by atoms with E-state index in [2.05, 4.69) is 21.8 Å². The standard InChI is InChI=1S/C19H16ClN3OS/c1-2-23-14-9-5-4-8-13(14)22-16(23)11-21-19(24)18-17(20)12-7-3-6-10-15(12)25-18/h3-10H,2,11H2,1H3,(H,21,24). The van der Waals surface area contributed by atoms with Crippen molar-refractivity contribution >= 4 is 50.0 Å². The van der Waals surface area contributed by atoms with Crippen LogP contribution in [0, 0.1) is 0 Å². The molecule has 1 amide bonds. The van der Waals surface area contributed by atoms with Crippen LogP contribution in [0.3, 0.4) is 0 Å². The summed E-state index contributed by atoms with van der Waals surface area (Å²) < 4.78 is 3.13. The lowest BCUT2D eigenvalue weighted by atomic mass is 10.2. The van der Waals surface area contributed by atoms with Crippen molar-refractivity contribution in [1.29, 1.82) is 0 Å². The van der Waals surface area contributed by atoms with E-state index in [1.165, 1.54) is 11.3 Å². The summed E-state index contributed by atoms with van der Waals surface area (Å²) in [6.45, 7) is 3.24. The molecule has 0 unspecified atom stereocenters. The van der Waals surface area contributed by atoms with Crippen LogP contribution < -0.4 is 5.32 Å². The Kier molecular flexibility index (Phi) is 4.19. The van der Waals surface area contributed by atoms with Gasteiger partial charge in [0, 0.05) is 16.6 Å². The van der Waals surface area contributed by atoms with Crippen LogP contribution in [-0.4, -0.2) is 15.5 Å². The fourth-order valence-corrected chi connectivity index (χ4v) is 4.45. The second-order valence-corrected chi connectivity index (χ2v) is 7.12. The lowest BCUT2D eigenvalue weighted by Gasteiger charge is -2.07. The van der Waals surface area contributed by atoms with Crippen molar-refractivity contribution < 1.29 is 4.79 Å². The monoisotopic (exact) mass is 369 g/mol. The van der Waals surface area contributed by atoms with Gasteiger partial charge in [-0.3, -0.25) is 4.79 Å². The van der Waals surface area contributed by atoms with Gasteiger partial charge in [0.2, 0.25) is 0 Å². The highest BCUT2D eigenvalue weighted by molar-refractivity contribution is 7.21. The number of hydrogen-bond acceptors (Lipinski definition) is 3. The topological polar surface area (TPSA) is 46.9 Å². The maximum Gasteiger partial charge on any atom is 0.263 e. The predicted octanol–water partition coefficient (Wildman–Crippen LogP) is 4.85. The molecule has 2 aromatic heterocycles. The molecule has 4 rings (SSSR count). The lowest BCUT2D eigenvalue weighted by Crippen LogP contribution is -2.24. The maximum absolute atomic E-state index is 12.6. The predicted molar refractivity (Wildman–Crippen MR) is 103 cm³/mol. The molecule has 0 aliphatic carbocycles. The summed E-state index contributed by atoms with van der Waals surface area (Å²) in [5.74, 6) is 0.676. The molecule has 2 heterocycles. The first-order valence-corrected chi connectivity index (χ1v) is 9.28. The van der Waals surface area contributed by atoms with Gasteiger partial charge in [-0.15, -0.1) is 11.3 Å². The Morgan fingerprint density at radius 1 is 1.20 bits per heavy atom. The van der Waals surface area contributed by atoms with Crippen LogP contribution in [0.1, 0.15) is 22.4 Å². The minimum Gasteiger partial charge on any atom is -0.344 e. The smallest absolute Gasteiger partial charge is 0.263 e. The third-order valence-corrected chi connectivity index (χ3v) is 5.87. The highest BCUT2D eigenvalue weighted by atomic mass is 35.5. The molecular weight excluding hydrogens is 354 g/mol. The number of hydrogen-bond donors (Lipinski definition) is 1. The lowest BCUT2D eigenvalue weighted by molar-refractivity contribution is 0.0954. The first kappa shape index (κ1) is 16.1. The van der Waals surface area contributed by atoms with E-state index in [4.69, 9.17) is 11.6 Å². The van der Waals surface area contributed by atoms with Gasteiger partial charge in [-0.1, -0.05) is 41.9 Å². The number of para-hydroxylation sites is 2. The van der Waals surface area contributed by atoms with Crippen LogP contribution in [0.5, 0.6) is 0 Å². The van der Waals surface area contributed by atoms with E-state index in [-0.39, 0.29) is 5.91 Å². The number of nitrogens with one attached hydrogen (secondary N) is 1. The average molecular weight is 370 g/mol. The second kappa shape index (κ2) is 6.50. The van der Waals surface area contributed by atoms with Gasteiger partial charge < -0.3 is 9.88 Å². The molecule has 25 heavy (non-hydrogen) atoms. The molecule has 126 valence electrons. The average Bonchev–Trinajstić information content (AvgIpc) is 3.17. The Morgan fingerprint density at radius 3 is 2.76 bits per heavy atom. The third-order valence-electron chi connectivity index (χ3n) is 4.20. The number of rotatable bonds is 4. The summed E-state index contributed by atoms with van der Waals surface area (Å²) in [7, 11) is 0. The van der Waals surface area contributed by atoms with E-state index in [1.807, 2.05) is 48.5 Å². The van der Waals surface area contributed by atoms with Crippen molar-refractivity contribution in [2.24, 2.45) is 0 Å².